The van der Waals surface area contributed by atoms with E-state index in [4.69, 9.17) is 9.84 Å². The van der Waals surface area contributed by atoms with Gasteiger partial charge in [-0.25, -0.2) is 4.79 Å². The molecule has 0 fully saturated rings. The van der Waals surface area contributed by atoms with Gasteiger partial charge in [-0.3, -0.25) is 0 Å². The van der Waals surface area contributed by atoms with Crippen LogP contribution in [0.4, 0.5) is 0 Å². The summed E-state index contributed by atoms with van der Waals surface area (Å²) in [4.78, 5) is 11.5. The largest absolute Gasteiger partial charge is 0.478 e. The average molecular weight is 246 g/mol. The first-order valence-electron chi connectivity index (χ1n) is 4.95. The van der Waals surface area contributed by atoms with Crippen molar-refractivity contribution in [2.24, 2.45) is 0 Å². The Morgan fingerprint density at radius 2 is 1.41 bits per heavy atom. The third-order valence-corrected chi connectivity index (χ3v) is 2.47. The summed E-state index contributed by atoms with van der Waals surface area (Å²) in [5.74, 6) is 0.337. The van der Waals surface area contributed by atoms with Gasteiger partial charge in [-0.2, -0.15) is 0 Å². The van der Waals surface area contributed by atoms with Gasteiger partial charge in [0.05, 0.1) is 5.56 Å². The van der Waals surface area contributed by atoms with E-state index in [1.54, 1.807) is 24.3 Å². The molecule has 0 spiro atoms. The molecule has 0 atom stereocenters. The highest BCUT2D eigenvalue weighted by Crippen LogP contribution is 2.22. The van der Waals surface area contributed by atoms with Gasteiger partial charge in [-0.15, -0.1) is 12.6 Å². The fourth-order valence-electron chi connectivity index (χ4n) is 1.32. The molecule has 0 amide bonds. The first-order chi connectivity index (χ1) is 8.15. The molecule has 2 aromatic rings. The average Bonchev–Trinajstić information content (AvgIpc) is 2.33. The molecule has 0 aliphatic heterocycles. The minimum absolute atomic E-state index is 0.239. The van der Waals surface area contributed by atoms with Crippen molar-refractivity contribution in [2.45, 2.75) is 4.90 Å². The van der Waals surface area contributed by atoms with Crippen LogP contribution in [0.2, 0.25) is 0 Å². The van der Waals surface area contributed by atoms with Gasteiger partial charge in [-0.05, 0) is 48.5 Å². The zero-order valence-electron chi connectivity index (χ0n) is 8.83. The van der Waals surface area contributed by atoms with Crippen molar-refractivity contribution in [3.8, 4) is 11.5 Å². The molecule has 17 heavy (non-hydrogen) atoms. The fraction of sp³-hybridized carbons (Fsp3) is 0. The topological polar surface area (TPSA) is 46.5 Å². The Morgan fingerprint density at radius 1 is 0.941 bits per heavy atom. The molecule has 0 saturated heterocycles. The lowest BCUT2D eigenvalue weighted by molar-refractivity contribution is 0.0697. The van der Waals surface area contributed by atoms with Gasteiger partial charge in [0, 0.05) is 4.90 Å². The van der Waals surface area contributed by atoms with Gasteiger partial charge >= 0.3 is 5.97 Å². The number of ether oxygens (including phenoxy) is 1. The summed E-state index contributed by atoms with van der Waals surface area (Å²) in [5, 5.41) is 8.75. The Labute approximate surface area is 104 Å². The molecular formula is C13H10O3S. The quantitative estimate of drug-likeness (QED) is 0.815. The second kappa shape index (κ2) is 4.93. The van der Waals surface area contributed by atoms with Crippen LogP contribution in [0.5, 0.6) is 11.5 Å². The van der Waals surface area contributed by atoms with E-state index in [0.29, 0.717) is 11.5 Å². The van der Waals surface area contributed by atoms with Gasteiger partial charge in [0.1, 0.15) is 11.5 Å². The number of aromatic carboxylic acids is 1. The maximum absolute atomic E-state index is 10.7. The maximum Gasteiger partial charge on any atom is 0.335 e. The maximum atomic E-state index is 10.7. The Balaban J connectivity index is 2.13. The molecular weight excluding hydrogens is 236 g/mol. The lowest BCUT2D eigenvalue weighted by Crippen LogP contribution is -1.95. The van der Waals surface area contributed by atoms with E-state index in [0.717, 1.165) is 4.90 Å². The van der Waals surface area contributed by atoms with Crippen molar-refractivity contribution >= 4 is 18.6 Å². The minimum atomic E-state index is -0.948. The summed E-state index contributed by atoms with van der Waals surface area (Å²) in [6.45, 7) is 0. The van der Waals surface area contributed by atoms with E-state index in [1.807, 2.05) is 12.1 Å². The molecule has 86 valence electrons. The number of rotatable bonds is 3. The van der Waals surface area contributed by atoms with Crippen molar-refractivity contribution in [2.75, 3.05) is 0 Å². The van der Waals surface area contributed by atoms with E-state index >= 15 is 0 Å². The van der Waals surface area contributed by atoms with Gasteiger partial charge in [-0.1, -0.05) is 0 Å². The standard InChI is InChI=1S/C13H10O3S/c14-13(15)9-1-3-10(4-2-9)16-11-5-7-12(17)8-6-11/h1-8,17H,(H,14,15). The molecule has 3 nitrogen and oxygen atoms in total. The van der Waals surface area contributed by atoms with Crippen molar-refractivity contribution in [1.82, 2.24) is 0 Å². The zero-order valence-corrected chi connectivity index (χ0v) is 9.72. The van der Waals surface area contributed by atoms with E-state index in [1.165, 1.54) is 12.1 Å². The number of benzene rings is 2. The molecule has 0 unspecified atom stereocenters. The molecule has 4 heteroatoms. The molecule has 0 aliphatic carbocycles. The predicted molar refractivity (Wildman–Crippen MR) is 67.2 cm³/mol. The van der Waals surface area contributed by atoms with Crippen LogP contribution in [0.1, 0.15) is 10.4 Å². The zero-order chi connectivity index (χ0) is 12.3. The highest BCUT2D eigenvalue weighted by atomic mass is 32.1. The molecule has 0 bridgehead atoms. The van der Waals surface area contributed by atoms with Gasteiger partial charge in [0.2, 0.25) is 0 Å². The Kier molecular flexibility index (Phi) is 3.35. The van der Waals surface area contributed by atoms with Crippen LogP contribution >= 0.6 is 12.6 Å². The first-order valence-corrected chi connectivity index (χ1v) is 5.40. The van der Waals surface area contributed by atoms with E-state index in [2.05, 4.69) is 12.6 Å². The molecule has 0 radical (unpaired) electrons. The van der Waals surface area contributed by atoms with Crippen molar-refractivity contribution in [1.29, 1.82) is 0 Å². The number of thiol groups is 1. The van der Waals surface area contributed by atoms with Crippen LogP contribution in [0.15, 0.2) is 53.4 Å². The summed E-state index contributed by atoms with van der Waals surface area (Å²) in [6, 6.07) is 13.5. The van der Waals surface area contributed by atoms with Crippen LogP contribution in [0.3, 0.4) is 0 Å². The Bertz CT molecular complexity index is 517. The smallest absolute Gasteiger partial charge is 0.335 e. The first kappa shape index (κ1) is 11.5. The van der Waals surface area contributed by atoms with Crippen LogP contribution < -0.4 is 4.74 Å². The third-order valence-electron chi connectivity index (χ3n) is 2.17. The molecule has 0 heterocycles. The minimum Gasteiger partial charge on any atom is -0.478 e. The van der Waals surface area contributed by atoms with Crippen molar-refractivity contribution < 1.29 is 14.6 Å². The summed E-state index contributed by atoms with van der Waals surface area (Å²) < 4.78 is 5.54. The number of carboxylic acid groups (broad SMARTS) is 1. The van der Waals surface area contributed by atoms with Crippen LogP contribution in [0, 0.1) is 0 Å². The number of carboxylic acids is 1. The normalized spacial score (nSPS) is 9.94. The fourth-order valence-corrected chi connectivity index (χ4v) is 1.46. The Morgan fingerprint density at radius 3 is 1.88 bits per heavy atom. The molecule has 0 aromatic heterocycles. The highest BCUT2D eigenvalue weighted by Gasteiger charge is 2.02. The molecule has 0 saturated carbocycles. The molecule has 1 N–H and O–H groups in total. The third kappa shape index (κ3) is 3.01. The molecule has 0 aliphatic rings. The highest BCUT2D eigenvalue weighted by molar-refractivity contribution is 7.80. The van der Waals surface area contributed by atoms with Gasteiger partial charge in [0.25, 0.3) is 0 Å². The van der Waals surface area contributed by atoms with Crippen molar-refractivity contribution in [3.63, 3.8) is 0 Å². The van der Waals surface area contributed by atoms with Gasteiger partial charge in [0.15, 0.2) is 0 Å². The second-order valence-corrected chi connectivity index (χ2v) is 3.94. The van der Waals surface area contributed by atoms with E-state index in [9.17, 15) is 4.79 Å². The number of carbonyl (C=O) groups is 1. The summed E-state index contributed by atoms with van der Waals surface area (Å²) in [5.41, 5.74) is 0.239. The summed E-state index contributed by atoms with van der Waals surface area (Å²) in [7, 11) is 0. The summed E-state index contributed by atoms with van der Waals surface area (Å²) >= 11 is 4.17. The molecule has 2 aromatic carbocycles. The SMILES string of the molecule is O=C(O)c1ccc(Oc2ccc(S)cc2)cc1. The van der Waals surface area contributed by atoms with Crippen LogP contribution in [-0.4, -0.2) is 11.1 Å². The Hall–Kier alpha value is -1.94. The number of hydrogen-bond acceptors (Lipinski definition) is 3. The summed E-state index contributed by atoms with van der Waals surface area (Å²) in [6.07, 6.45) is 0. The number of hydrogen-bond donors (Lipinski definition) is 2. The lowest BCUT2D eigenvalue weighted by atomic mass is 10.2. The lowest BCUT2D eigenvalue weighted by Gasteiger charge is -2.05. The monoisotopic (exact) mass is 246 g/mol. The second-order valence-electron chi connectivity index (χ2n) is 3.43. The van der Waals surface area contributed by atoms with Crippen LogP contribution in [0.25, 0.3) is 0 Å². The molecule has 2 rings (SSSR count). The van der Waals surface area contributed by atoms with Gasteiger partial charge < -0.3 is 9.84 Å². The van der Waals surface area contributed by atoms with Crippen molar-refractivity contribution in [3.05, 3.63) is 54.1 Å². The van der Waals surface area contributed by atoms with E-state index in [-0.39, 0.29) is 5.56 Å². The van der Waals surface area contributed by atoms with Crippen LogP contribution in [-0.2, 0) is 0 Å². The van der Waals surface area contributed by atoms with E-state index < -0.39 is 5.97 Å². The predicted octanol–water partition coefficient (Wildman–Crippen LogP) is 3.47.